The maximum absolute atomic E-state index is 3.85. The monoisotopic (exact) mass is 164 g/mol. The van der Waals surface area contributed by atoms with E-state index < -0.39 is 0 Å². The minimum absolute atomic E-state index is 0.521. The molecule has 1 N–H and O–H groups in total. The Kier molecular flexibility index (Phi) is 2.97. The number of allylic oxidation sites excluding steroid dienone is 3. The van der Waals surface area contributed by atoms with Gasteiger partial charge in [0.1, 0.15) is 0 Å². The van der Waals surface area contributed by atoms with Gasteiger partial charge in [0.15, 0.2) is 0 Å². The Bertz CT molecular complexity index is 214. The summed E-state index contributed by atoms with van der Waals surface area (Å²) in [6.07, 6.45) is 8.07. The van der Waals surface area contributed by atoms with Gasteiger partial charge in [0.2, 0.25) is 0 Å². The number of nitrogens with zero attached hydrogens (tertiary/aromatic N) is 1. The van der Waals surface area contributed by atoms with Crippen LogP contribution in [0.3, 0.4) is 0 Å². The molecule has 0 spiro atoms. The number of hydrogen-bond acceptors (Lipinski definition) is 2. The molecule has 0 unspecified atom stereocenters. The largest absolute Gasteiger partial charge is 0.368 e. The molecule has 0 saturated carbocycles. The average Bonchev–Trinajstić information content (AvgIpc) is 1.97. The molecule has 0 atom stereocenters. The van der Waals surface area contributed by atoms with E-state index in [4.69, 9.17) is 0 Å². The number of rotatable bonds is 1. The Morgan fingerprint density at radius 1 is 1.50 bits per heavy atom. The Hall–Kier alpha value is -1.18. The fourth-order valence-electron chi connectivity index (χ4n) is 0.991. The van der Waals surface area contributed by atoms with Gasteiger partial charge in [-0.1, -0.05) is 12.7 Å². The maximum atomic E-state index is 3.85. The average molecular weight is 164 g/mol. The third kappa shape index (κ3) is 2.46. The van der Waals surface area contributed by atoms with Crippen LogP contribution in [-0.2, 0) is 0 Å². The first kappa shape index (κ1) is 8.91. The first-order valence-corrected chi connectivity index (χ1v) is 4.23. The van der Waals surface area contributed by atoms with Crippen LogP contribution in [0.4, 0.5) is 0 Å². The van der Waals surface area contributed by atoms with Gasteiger partial charge in [0, 0.05) is 17.9 Å². The van der Waals surface area contributed by atoms with Crippen LogP contribution in [0.25, 0.3) is 0 Å². The van der Waals surface area contributed by atoms with Crippen molar-refractivity contribution in [1.82, 2.24) is 10.2 Å². The van der Waals surface area contributed by atoms with Gasteiger partial charge >= 0.3 is 0 Å². The molecule has 2 heteroatoms. The summed E-state index contributed by atoms with van der Waals surface area (Å²) in [5.41, 5.74) is 0.963. The van der Waals surface area contributed by atoms with E-state index in [1.165, 1.54) is 0 Å². The highest BCUT2D eigenvalue weighted by atomic mass is 15.2. The lowest BCUT2D eigenvalue weighted by molar-refractivity contribution is 0.298. The Balaban J connectivity index is 2.63. The fraction of sp³-hybridized carbons (Fsp3) is 0.400. The van der Waals surface area contributed by atoms with E-state index in [1.54, 1.807) is 0 Å². The molecule has 1 rings (SSSR count). The van der Waals surface area contributed by atoms with Crippen LogP contribution >= 0.6 is 0 Å². The van der Waals surface area contributed by atoms with E-state index >= 15 is 0 Å². The van der Waals surface area contributed by atoms with Crippen molar-refractivity contribution < 1.29 is 0 Å². The van der Waals surface area contributed by atoms with E-state index in [1.807, 2.05) is 18.2 Å². The minimum Gasteiger partial charge on any atom is -0.368 e. The summed E-state index contributed by atoms with van der Waals surface area (Å²) in [5.74, 6) is 0. The van der Waals surface area contributed by atoms with E-state index in [0.29, 0.717) is 6.04 Å². The molecule has 0 bridgehead atoms. The van der Waals surface area contributed by atoms with Crippen LogP contribution in [0.15, 0.2) is 36.7 Å². The van der Waals surface area contributed by atoms with E-state index in [9.17, 15) is 0 Å². The van der Waals surface area contributed by atoms with Gasteiger partial charge < -0.3 is 10.2 Å². The van der Waals surface area contributed by atoms with Crippen LogP contribution in [0, 0.1) is 0 Å². The third-order valence-electron chi connectivity index (χ3n) is 1.84. The van der Waals surface area contributed by atoms with E-state index in [2.05, 4.69) is 36.8 Å². The van der Waals surface area contributed by atoms with Gasteiger partial charge in [-0.05, 0) is 26.0 Å². The summed E-state index contributed by atoms with van der Waals surface area (Å²) < 4.78 is 0. The molecule has 2 nitrogen and oxygen atoms in total. The van der Waals surface area contributed by atoms with Gasteiger partial charge in [-0.2, -0.15) is 0 Å². The van der Waals surface area contributed by atoms with Crippen molar-refractivity contribution in [3.63, 3.8) is 0 Å². The summed E-state index contributed by atoms with van der Waals surface area (Å²) in [4.78, 5) is 2.22. The van der Waals surface area contributed by atoms with Crippen molar-refractivity contribution in [1.29, 1.82) is 0 Å². The Morgan fingerprint density at radius 3 is 2.92 bits per heavy atom. The van der Waals surface area contributed by atoms with Gasteiger partial charge in [0.25, 0.3) is 0 Å². The SMILES string of the molecule is C=C1/C=C\C=C/N(C(C)C)CN1. The zero-order valence-electron chi connectivity index (χ0n) is 7.75. The lowest BCUT2D eigenvalue weighted by atomic mass is 10.3. The Morgan fingerprint density at radius 2 is 2.25 bits per heavy atom. The molecule has 0 radical (unpaired) electrons. The van der Waals surface area contributed by atoms with Crippen molar-refractivity contribution in [3.05, 3.63) is 36.7 Å². The molecule has 0 aromatic rings. The molecule has 0 aliphatic carbocycles. The highest BCUT2D eigenvalue weighted by Crippen LogP contribution is 2.01. The summed E-state index contributed by atoms with van der Waals surface area (Å²) in [6, 6.07) is 0.521. The predicted octanol–water partition coefficient (Wildman–Crippen LogP) is 1.84. The summed E-state index contributed by atoms with van der Waals surface area (Å²) in [7, 11) is 0. The molecule has 1 heterocycles. The zero-order valence-corrected chi connectivity index (χ0v) is 7.75. The quantitative estimate of drug-likeness (QED) is 0.636. The van der Waals surface area contributed by atoms with E-state index in [0.717, 1.165) is 12.4 Å². The lowest BCUT2D eigenvalue weighted by Crippen LogP contribution is -2.34. The third-order valence-corrected chi connectivity index (χ3v) is 1.84. The predicted molar refractivity (Wildman–Crippen MR) is 52.4 cm³/mol. The Labute approximate surface area is 74.3 Å². The second kappa shape index (κ2) is 4.00. The van der Waals surface area contributed by atoms with Gasteiger partial charge in [-0.3, -0.25) is 0 Å². The van der Waals surface area contributed by atoms with Crippen LogP contribution in [-0.4, -0.2) is 17.6 Å². The lowest BCUT2D eigenvalue weighted by Gasteiger charge is -2.26. The molecule has 0 aromatic carbocycles. The standard InChI is InChI=1S/C10H16N2/c1-9(2)12-7-5-4-6-10(3)11-8-12/h4-7,9,11H,3,8H2,1-2H3/b6-4-,7-5-. The van der Waals surface area contributed by atoms with Crippen molar-refractivity contribution >= 4 is 0 Å². The van der Waals surface area contributed by atoms with E-state index in [-0.39, 0.29) is 0 Å². The highest BCUT2D eigenvalue weighted by Gasteiger charge is 2.03. The summed E-state index contributed by atoms with van der Waals surface area (Å²) >= 11 is 0. The molecule has 1 aliphatic heterocycles. The van der Waals surface area contributed by atoms with Crippen LogP contribution in [0.5, 0.6) is 0 Å². The molecule has 0 fully saturated rings. The number of nitrogens with one attached hydrogen (secondary N) is 1. The van der Waals surface area contributed by atoms with Gasteiger partial charge in [-0.25, -0.2) is 0 Å². The zero-order chi connectivity index (χ0) is 8.97. The highest BCUT2D eigenvalue weighted by molar-refractivity contribution is 5.18. The topological polar surface area (TPSA) is 15.3 Å². The first-order chi connectivity index (χ1) is 5.70. The fourth-order valence-corrected chi connectivity index (χ4v) is 0.991. The van der Waals surface area contributed by atoms with Crippen molar-refractivity contribution in [3.8, 4) is 0 Å². The molecular formula is C10H16N2. The molecule has 66 valence electrons. The first-order valence-electron chi connectivity index (χ1n) is 4.23. The molecule has 0 amide bonds. The maximum Gasteiger partial charge on any atom is 0.0873 e. The minimum atomic E-state index is 0.521. The smallest absolute Gasteiger partial charge is 0.0873 e. The van der Waals surface area contributed by atoms with Gasteiger partial charge in [-0.15, -0.1) is 0 Å². The molecule has 0 aromatic heterocycles. The second-order valence-electron chi connectivity index (χ2n) is 3.17. The molecule has 12 heavy (non-hydrogen) atoms. The second-order valence-corrected chi connectivity index (χ2v) is 3.17. The van der Waals surface area contributed by atoms with Crippen molar-refractivity contribution in [2.45, 2.75) is 19.9 Å². The van der Waals surface area contributed by atoms with Crippen LogP contribution in [0.1, 0.15) is 13.8 Å². The van der Waals surface area contributed by atoms with Crippen LogP contribution < -0.4 is 5.32 Å². The number of hydrogen-bond donors (Lipinski definition) is 1. The molecule has 0 saturated heterocycles. The van der Waals surface area contributed by atoms with Crippen molar-refractivity contribution in [2.24, 2.45) is 0 Å². The molecular weight excluding hydrogens is 148 g/mol. The van der Waals surface area contributed by atoms with Gasteiger partial charge in [0.05, 0.1) is 6.67 Å². The van der Waals surface area contributed by atoms with Crippen molar-refractivity contribution in [2.75, 3.05) is 6.67 Å². The summed E-state index contributed by atoms with van der Waals surface area (Å²) in [6.45, 7) is 9.02. The normalized spacial score (nSPS) is 22.9. The molecule has 1 aliphatic rings. The van der Waals surface area contributed by atoms with Crippen LogP contribution in [0.2, 0.25) is 0 Å². The summed E-state index contributed by atoms with van der Waals surface area (Å²) in [5, 5.41) is 3.21.